The highest BCUT2D eigenvalue weighted by Gasteiger charge is 1.80. The standard InChI is InChI=1S/C8H10.2BrH/c1-7-4-3-5-8(2)6-7;;/h3-6H,1-2H3;2*1H. The fourth-order valence-corrected chi connectivity index (χ4v) is 0.807. The van der Waals surface area contributed by atoms with E-state index in [1.54, 1.807) is 0 Å². The predicted octanol–water partition coefficient (Wildman–Crippen LogP) is 3.46. The largest absolute Gasteiger partial charge is 0.114 e. The van der Waals surface area contributed by atoms with Gasteiger partial charge in [-0.2, -0.15) is 0 Å². The molecule has 0 N–H and O–H groups in total. The molecule has 0 nitrogen and oxygen atoms in total. The van der Waals surface area contributed by atoms with Gasteiger partial charge in [0.15, 0.2) is 0 Å². The smallest absolute Gasteiger partial charge is 0.0398 e. The summed E-state index contributed by atoms with van der Waals surface area (Å²) >= 11 is 0. The third-order valence-electron chi connectivity index (χ3n) is 1.17. The Bertz CT molecular complexity index is 167. The van der Waals surface area contributed by atoms with Crippen LogP contribution in [0.4, 0.5) is 0 Å². The molecule has 0 fully saturated rings. The van der Waals surface area contributed by atoms with Crippen molar-refractivity contribution in [2.45, 2.75) is 13.8 Å². The Kier molecular flexibility index (Phi) is 7.60. The normalized spacial score (nSPS) is 7.40. The molecule has 0 aliphatic rings. The van der Waals surface area contributed by atoms with Crippen molar-refractivity contribution >= 4 is 34.0 Å². The molecule has 0 amide bonds. The van der Waals surface area contributed by atoms with Gasteiger partial charge in [0, 0.05) is 0 Å². The molecule has 1 aromatic rings. The second-order valence-electron chi connectivity index (χ2n) is 2.16. The van der Waals surface area contributed by atoms with Gasteiger partial charge in [-0.15, -0.1) is 34.0 Å². The summed E-state index contributed by atoms with van der Waals surface area (Å²) in [5.74, 6) is 0. The number of benzene rings is 1. The first-order valence-corrected chi connectivity index (χ1v) is 2.82. The lowest BCUT2D eigenvalue weighted by Gasteiger charge is -1.90. The molecule has 0 unspecified atom stereocenters. The second-order valence-corrected chi connectivity index (χ2v) is 2.16. The summed E-state index contributed by atoms with van der Waals surface area (Å²) in [6.07, 6.45) is 0. The van der Waals surface area contributed by atoms with Crippen molar-refractivity contribution in [2.75, 3.05) is 0 Å². The Hall–Kier alpha value is 0.180. The van der Waals surface area contributed by atoms with E-state index in [-0.39, 0.29) is 34.0 Å². The Morgan fingerprint density at radius 1 is 0.900 bits per heavy atom. The lowest BCUT2D eigenvalue weighted by Crippen LogP contribution is -1.71. The highest BCUT2D eigenvalue weighted by atomic mass is 79.9. The zero-order valence-electron chi connectivity index (χ0n) is 6.13. The number of rotatable bonds is 0. The van der Waals surface area contributed by atoms with Crippen molar-refractivity contribution < 1.29 is 0 Å². The van der Waals surface area contributed by atoms with E-state index < -0.39 is 0 Å². The topological polar surface area (TPSA) is 0 Å². The maximum Gasteiger partial charge on any atom is -0.0398 e. The zero-order valence-corrected chi connectivity index (χ0v) is 9.55. The van der Waals surface area contributed by atoms with Crippen molar-refractivity contribution in [3.8, 4) is 0 Å². The van der Waals surface area contributed by atoms with Crippen LogP contribution in [0.15, 0.2) is 24.3 Å². The zero-order chi connectivity index (χ0) is 5.98. The predicted molar refractivity (Wildman–Crippen MR) is 56.6 cm³/mol. The molecule has 0 aromatic heterocycles. The minimum absolute atomic E-state index is 0. The van der Waals surface area contributed by atoms with Crippen LogP contribution in [-0.2, 0) is 0 Å². The summed E-state index contributed by atoms with van der Waals surface area (Å²) in [6, 6.07) is 8.45. The van der Waals surface area contributed by atoms with Gasteiger partial charge in [0.05, 0.1) is 0 Å². The number of halogens is 2. The van der Waals surface area contributed by atoms with Gasteiger partial charge in [0.25, 0.3) is 0 Å². The SMILES string of the molecule is Br.Br.Cc1cccc(C)c1. The van der Waals surface area contributed by atoms with E-state index in [1.165, 1.54) is 11.1 Å². The molecule has 2 heteroatoms. The summed E-state index contributed by atoms with van der Waals surface area (Å²) < 4.78 is 0. The van der Waals surface area contributed by atoms with Crippen LogP contribution < -0.4 is 0 Å². The minimum atomic E-state index is 0. The van der Waals surface area contributed by atoms with Gasteiger partial charge in [-0.25, -0.2) is 0 Å². The molecule has 58 valence electrons. The Morgan fingerprint density at radius 3 is 1.50 bits per heavy atom. The molecule has 1 rings (SSSR count). The van der Waals surface area contributed by atoms with Crippen molar-refractivity contribution in [2.24, 2.45) is 0 Å². The van der Waals surface area contributed by atoms with Crippen LogP contribution in [0.2, 0.25) is 0 Å². The second kappa shape index (κ2) is 5.93. The first kappa shape index (κ1) is 12.8. The molecule has 1 aromatic carbocycles. The van der Waals surface area contributed by atoms with Crippen LogP contribution in [0, 0.1) is 13.8 Å². The maximum absolute atomic E-state index is 2.17. The lowest BCUT2D eigenvalue weighted by atomic mass is 10.2. The monoisotopic (exact) mass is 266 g/mol. The fraction of sp³-hybridized carbons (Fsp3) is 0.250. The molecule has 0 aliphatic heterocycles. The summed E-state index contributed by atoms with van der Waals surface area (Å²) in [5.41, 5.74) is 2.68. The van der Waals surface area contributed by atoms with E-state index >= 15 is 0 Å². The Morgan fingerprint density at radius 2 is 1.30 bits per heavy atom. The van der Waals surface area contributed by atoms with Crippen molar-refractivity contribution in [1.82, 2.24) is 0 Å². The average Bonchev–Trinajstić information content (AvgIpc) is 1.64. The van der Waals surface area contributed by atoms with Gasteiger partial charge in [0.1, 0.15) is 0 Å². The molecule has 0 atom stereocenters. The van der Waals surface area contributed by atoms with E-state index in [1.807, 2.05) is 0 Å². The Labute approximate surface area is 83.2 Å². The molecule has 0 spiro atoms. The fourth-order valence-electron chi connectivity index (χ4n) is 0.807. The third-order valence-corrected chi connectivity index (χ3v) is 1.17. The van der Waals surface area contributed by atoms with Crippen molar-refractivity contribution in [1.29, 1.82) is 0 Å². The number of hydrogen-bond donors (Lipinski definition) is 0. The summed E-state index contributed by atoms with van der Waals surface area (Å²) in [7, 11) is 0. The van der Waals surface area contributed by atoms with Gasteiger partial charge in [-0.3, -0.25) is 0 Å². The molecule has 0 radical (unpaired) electrons. The van der Waals surface area contributed by atoms with Crippen LogP contribution in [0.3, 0.4) is 0 Å². The highest BCUT2D eigenvalue weighted by Crippen LogP contribution is 2.00. The van der Waals surface area contributed by atoms with Crippen molar-refractivity contribution in [3.05, 3.63) is 35.4 Å². The van der Waals surface area contributed by atoms with E-state index in [4.69, 9.17) is 0 Å². The van der Waals surface area contributed by atoms with E-state index in [2.05, 4.69) is 38.1 Å². The summed E-state index contributed by atoms with van der Waals surface area (Å²) in [5, 5.41) is 0. The molecule has 0 bridgehead atoms. The van der Waals surface area contributed by atoms with Crippen LogP contribution in [0.1, 0.15) is 11.1 Å². The van der Waals surface area contributed by atoms with Gasteiger partial charge >= 0.3 is 0 Å². The minimum Gasteiger partial charge on any atom is -0.114 e. The average molecular weight is 268 g/mol. The third kappa shape index (κ3) is 4.07. The van der Waals surface area contributed by atoms with Crippen LogP contribution >= 0.6 is 34.0 Å². The highest BCUT2D eigenvalue weighted by molar-refractivity contribution is 8.93. The Balaban J connectivity index is 0. The lowest BCUT2D eigenvalue weighted by molar-refractivity contribution is 1.39. The van der Waals surface area contributed by atoms with Gasteiger partial charge in [-0.05, 0) is 13.8 Å². The molecule has 0 saturated heterocycles. The quantitative estimate of drug-likeness (QED) is 0.676. The van der Waals surface area contributed by atoms with E-state index in [9.17, 15) is 0 Å². The summed E-state index contributed by atoms with van der Waals surface area (Å²) in [4.78, 5) is 0. The van der Waals surface area contributed by atoms with Crippen LogP contribution in [0.5, 0.6) is 0 Å². The molecule has 10 heavy (non-hydrogen) atoms. The number of hydrogen-bond acceptors (Lipinski definition) is 0. The molecular formula is C8H12Br2. The van der Waals surface area contributed by atoms with Gasteiger partial charge in [0.2, 0.25) is 0 Å². The summed E-state index contributed by atoms with van der Waals surface area (Å²) in [6.45, 7) is 4.21. The van der Waals surface area contributed by atoms with Crippen LogP contribution in [-0.4, -0.2) is 0 Å². The number of aryl methyl sites for hydroxylation is 2. The van der Waals surface area contributed by atoms with Gasteiger partial charge < -0.3 is 0 Å². The molecule has 0 saturated carbocycles. The first-order chi connectivity index (χ1) is 3.79. The van der Waals surface area contributed by atoms with E-state index in [0.29, 0.717) is 0 Å². The van der Waals surface area contributed by atoms with Gasteiger partial charge in [-0.1, -0.05) is 35.4 Å². The molecule has 0 aliphatic carbocycles. The molecular weight excluding hydrogens is 256 g/mol. The van der Waals surface area contributed by atoms with Crippen molar-refractivity contribution in [3.63, 3.8) is 0 Å². The maximum atomic E-state index is 2.17. The van der Waals surface area contributed by atoms with E-state index in [0.717, 1.165) is 0 Å². The molecule has 0 heterocycles. The first-order valence-electron chi connectivity index (χ1n) is 2.82. The van der Waals surface area contributed by atoms with Crippen LogP contribution in [0.25, 0.3) is 0 Å².